The van der Waals surface area contributed by atoms with Gasteiger partial charge in [0.25, 0.3) is 5.56 Å². The molecule has 0 amide bonds. The third kappa shape index (κ3) is 2.89. The first-order valence-electron chi connectivity index (χ1n) is 5.77. The molecular weight excluding hydrogens is 303 g/mol. The first kappa shape index (κ1) is 14.7. The van der Waals surface area contributed by atoms with Gasteiger partial charge in [-0.25, -0.2) is 0 Å². The Balaban J connectivity index is 2.15. The second-order valence-corrected chi connectivity index (χ2v) is 5.11. The molecule has 0 radical (unpaired) electrons. The van der Waals surface area contributed by atoms with Crippen LogP contribution in [0, 0.1) is 6.92 Å². The molecule has 0 saturated carbocycles. The Morgan fingerprint density at radius 3 is 2.65 bits per heavy atom. The number of benzene rings is 1. The van der Waals surface area contributed by atoms with E-state index in [1.165, 1.54) is 10.7 Å². The minimum atomic E-state index is -0.407. The van der Waals surface area contributed by atoms with Crippen LogP contribution in [-0.4, -0.2) is 22.2 Å². The van der Waals surface area contributed by atoms with E-state index in [1.807, 2.05) is 0 Å². The molecule has 2 aromatic rings. The Bertz CT molecular complexity index is 719. The first-order valence-corrected chi connectivity index (χ1v) is 6.52. The first-order chi connectivity index (χ1) is 9.40. The Morgan fingerprint density at radius 2 is 2.10 bits per heavy atom. The molecule has 0 fully saturated rings. The van der Waals surface area contributed by atoms with E-state index in [1.54, 1.807) is 26.1 Å². The number of aryl methyl sites for hydroxylation is 2. The van der Waals surface area contributed by atoms with Gasteiger partial charge in [0.15, 0.2) is 6.61 Å². The summed E-state index contributed by atoms with van der Waals surface area (Å²) < 4.78 is 6.57. The van der Waals surface area contributed by atoms with Gasteiger partial charge in [-0.2, -0.15) is 0 Å². The monoisotopic (exact) mass is 314 g/mol. The average Bonchev–Trinajstić information content (AvgIpc) is 2.62. The van der Waals surface area contributed by atoms with E-state index in [2.05, 4.69) is 5.10 Å². The molecule has 0 aliphatic heterocycles. The smallest absolute Gasteiger partial charge is 0.277 e. The molecule has 0 saturated heterocycles. The van der Waals surface area contributed by atoms with Crippen LogP contribution >= 0.6 is 23.2 Å². The lowest BCUT2D eigenvalue weighted by Gasteiger charge is -2.06. The molecule has 1 aromatic heterocycles. The number of ketones is 1. The molecule has 0 atom stereocenters. The molecule has 2 rings (SSSR count). The van der Waals surface area contributed by atoms with E-state index in [0.717, 1.165) is 0 Å². The molecule has 1 aromatic carbocycles. The molecule has 0 aliphatic rings. The maximum absolute atomic E-state index is 12.0. The van der Waals surface area contributed by atoms with Crippen molar-refractivity contribution >= 4 is 29.0 Å². The van der Waals surface area contributed by atoms with Gasteiger partial charge in [-0.15, -0.1) is 0 Å². The predicted molar refractivity (Wildman–Crippen MR) is 77.1 cm³/mol. The standard InChI is InChI=1S/C13H12Cl2N2O3/c1-7-12(13(19)17(2)16-7)10(18)6-20-11-4-3-8(14)5-9(11)15/h3-5,16H,6H2,1-2H3. The molecule has 0 unspecified atom stereocenters. The van der Waals surface area contributed by atoms with Crippen LogP contribution in [0.2, 0.25) is 10.0 Å². The quantitative estimate of drug-likeness (QED) is 0.882. The van der Waals surface area contributed by atoms with Gasteiger partial charge < -0.3 is 4.74 Å². The van der Waals surface area contributed by atoms with Gasteiger partial charge >= 0.3 is 0 Å². The minimum Gasteiger partial charge on any atom is -0.484 e. The van der Waals surface area contributed by atoms with Crippen molar-refractivity contribution in [2.45, 2.75) is 6.92 Å². The summed E-state index contributed by atoms with van der Waals surface area (Å²) in [6.45, 7) is 1.39. The van der Waals surface area contributed by atoms with Crippen molar-refractivity contribution in [2.75, 3.05) is 6.61 Å². The number of aromatic amines is 1. The lowest BCUT2D eigenvalue weighted by Crippen LogP contribution is -2.22. The van der Waals surface area contributed by atoms with Gasteiger partial charge in [0.2, 0.25) is 5.78 Å². The molecule has 1 N–H and O–H groups in total. The van der Waals surface area contributed by atoms with Crippen LogP contribution in [0.5, 0.6) is 5.75 Å². The zero-order valence-electron chi connectivity index (χ0n) is 10.9. The number of hydrogen-bond acceptors (Lipinski definition) is 3. The van der Waals surface area contributed by atoms with Gasteiger partial charge in [0.05, 0.1) is 5.02 Å². The van der Waals surface area contributed by atoms with Gasteiger partial charge in [-0.1, -0.05) is 23.2 Å². The zero-order chi connectivity index (χ0) is 14.9. The number of ether oxygens (including phenoxy) is 1. The van der Waals surface area contributed by atoms with Crippen LogP contribution in [0.4, 0.5) is 0 Å². The summed E-state index contributed by atoms with van der Waals surface area (Å²) in [6, 6.07) is 4.69. The van der Waals surface area contributed by atoms with E-state index < -0.39 is 5.78 Å². The highest BCUT2D eigenvalue weighted by Gasteiger charge is 2.18. The minimum absolute atomic E-state index is 0.0950. The second kappa shape index (κ2) is 5.73. The van der Waals surface area contributed by atoms with E-state index in [0.29, 0.717) is 21.5 Å². The van der Waals surface area contributed by atoms with E-state index in [4.69, 9.17) is 27.9 Å². The molecule has 5 nitrogen and oxygen atoms in total. The summed E-state index contributed by atoms with van der Waals surface area (Å²) in [7, 11) is 1.54. The molecule has 0 bridgehead atoms. The molecule has 0 aliphatic carbocycles. The molecule has 1 heterocycles. The van der Waals surface area contributed by atoms with Gasteiger partial charge in [-0.05, 0) is 25.1 Å². The number of aromatic nitrogens is 2. The van der Waals surface area contributed by atoms with E-state index >= 15 is 0 Å². The fourth-order valence-corrected chi connectivity index (χ4v) is 2.29. The van der Waals surface area contributed by atoms with Crippen LogP contribution in [0.1, 0.15) is 16.1 Å². The van der Waals surface area contributed by atoms with E-state index in [-0.39, 0.29) is 17.7 Å². The fraction of sp³-hybridized carbons (Fsp3) is 0.231. The van der Waals surface area contributed by atoms with Gasteiger partial charge in [0.1, 0.15) is 11.3 Å². The van der Waals surface area contributed by atoms with Crippen molar-refractivity contribution < 1.29 is 9.53 Å². The number of nitrogens with one attached hydrogen (secondary N) is 1. The van der Waals surface area contributed by atoms with Crippen molar-refractivity contribution in [3.8, 4) is 5.75 Å². The molecule has 0 spiro atoms. The molecule has 7 heteroatoms. The Morgan fingerprint density at radius 1 is 1.40 bits per heavy atom. The summed E-state index contributed by atoms with van der Waals surface area (Å²) in [6.07, 6.45) is 0. The highest BCUT2D eigenvalue weighted by atomic mass is 35.5. The second-order valence-electron chi connectivity index (χ2n) is 4.26. The number of carbonyl (C=O) groups excluding carboxylic acids is 1. The Hall–Kier alpha value is -1.72. The van der Waals surface area contributed by atoms with E-state index in [9.17, 15) is 9.59 Å². The fourth-order valence-electron chi connectivity index (χ4n) is 1.82. The van der Waals surface area contributed by atoms with Gasteiger partial charge in [0, 0.05) is 17.8 Å². The van der Waals surface area contributed by atoms with Crippen molar-refractivity contribution in [1.29, 1.82) is 0 Å². The number of nitrogens with zero attached hydrogens (tertiary/aromatic N) is 1. The largest absolute Gasteiger partial charge is 0.484 e. The lowest BCUT2D eigenvalue weighted by molar-refractivity contribution is 0.0920. The number of halogens is 2. The highest BCUT2D eigenvalue weighted by molar-refractivity contribution is 6.35. The van der Waals surface area contributed by atoms with Crippen molar-refractivity contribution in [3.63, 3.8) is 0 Å². The summed E-state index contributed by atoms with van der Waals surface area (Å²) in [4.78, 5) is 23.8. The van der Waals surface area contributed by atoms with Crippen LogP contribution in [-0.2, 0) is 7.05 Å². The van der Waals surface area contributed by atoms with Crippen LogP contribution < -0.4 is 10.3 Å². The normalized spacial score (nSPS) is 10.6. The number of hydrogen-bond donors (Lipinski definition) is 1. The lowest BCUT2D eigenvalue weighted by atomic mass is 10.2. The van der Waals surface area contributed by atoms with Crippen LogP contribution in [0.3, 0.4) is 0 Å². The molecule has 106 valence electrons. The molecular formula is C13H12Cl2N2O3. The van der Waals surface area contributed by atoms with Crippen LogP contribution in [0.25, 0.3) is 0 Å². The number of carbonyl (C=O) groups is 1. The zero-order valence-corrected chi connectivity index (χ0v) is 12.4. The summed E-state index contributed by atoms with van der Waals surface area (Å²) in [5, 5.41) is 3.54. The third-order valence-electron chi connectivity index (χ3n) is 2.76. The summed E-state index contributed by atoms with van der Waals surface area (Å²) in [5.74, 6) is -0.0650. The average molecular weight is 315 g/mol. The van der Waals surface area contributed by atoms with Crippen molar-refractivity contribution in [1.82, 2.24) is 9.78 Å². The summed E-state index contributed by atoms with van der Waals surface area (Å²) in [5.41, 5.74) is 0.226. The predicted octanol–water partition coefficient (Wildman–Crippen LogP) is 2.59. The third-order valence-corrected chi connectivity index (χ3v) is 3.29. The SMILES string of the molecule is Cc1[nH]n(C)c(=O)c1C(=O)COc1ccc(Cl)cc1Cl. The number of rotatable bonds is 4. The van der Waals surface area contributed by atoms with Crippen molar-refractivity contribution in [2.24, 2.45) is 7.05 Å². The van der Waals surface area contributed by atoms with Crippen LogP contribution in [0.15, 0.2) is 23.0 Å². The maximum atomic E-state index is 12.0. The number of H-pyrrole nitrogens is 1. The summed E-state index contributed by atoms with van der Waals surface area (Å²) >= 11 is 11.7. The van der Waals surface area contributed by atoms with Gasteiger partial charge in [-0.3, -0.25) is 19.4 Å². The topological polar surface area (TPSA) is 64.1 Å². The highest BCUT2D eigenvalue weighted by Crippen LogP contribution is 2.27. The van der Waals surface area contributed by atoms with Crippen molar-refractivity contribution in [3.05, 3.63) is 49.9 Å². The molecule has 20 heavy (non-hydrogen) atoms. The Kier molecular flexibility index (Phi) is 4.20. The number of Topliss-reactive ketones (excluding diaryl/α,β-unsaturated/α-hetero) is 1. The maximum Gasteiger partial charge on any atom is 0.277 e. The Labute approximate surface area is 125 Å².